The first-order valence-corrected chi connectivity index (χ1v) is 10.2. The van der Waals surface area contributed by atoms with Gasteiger partial charge in [-0.1, -0.05) is 12.1 Å². The van der Waals surface area contributed by atoms with Crippen molar-refractivity contribution in [1.29, 1.82) is 0 Å². The Labute approximate surface area is 166 Å². The van der Waals surface area contributed by atoms with Crippen molar-refractivity contribution in [1.82, 2.24) is 9.62 Å². The predicted octanol–water partition coefficient (Wildman–Crippen LogP) is 2.66. The van der Waals surface area contributed by atoms with Crippen molar-refractivity contribution in [3.63, 3.8) is 0 Å². The van der Waals surface area contributed by atoms with Crippen LogP contribution in [0.3, 0.4) is 0 Å². The molecule has 0 bridgehead atoms. The van der Waals surface area contributed by atoms with Crippen molar-refractivity contribution < 1.29 is 22.7 Å². The normalized spacial score (nSPS) is 11.5. The van der Waals surface area contributed by atoms with E-state index in [0.29, 0.717) is 11.5 Å². The van der Waals surface area contributed by atoms with E-state index in [2.05, 4.69) is 5.32 Å². The van der Waals surface area contributed by atoms with Gasteiger partial charge < -0.3 is 14.8 Å². The van der Waals surface area contributed by atoms with Crippen LogP contribution in [0.4, 0.5) is 0 Å². The number of methoxy groups -OCH3 is 2. The molecule has 0 saturated heterocycles. The fourth-order valence-corrected chi connectivity index (χ4v) is 3.84. The van der Waals surface area contributed by atoms with Crippen LogP contribution in [0.2, 0.25) is 0 Å². The Bertz CT molecular complexity index is 941. The van der Waals surface area contributed by atoms with Gasteiger partial charge in [0.05, 0.1) is 24.7 Å². The summed E-state index contributed by atoms with van der Waals surface area (Å²) in [6, 6.07) is 11.4. The Hall–Kier alpha value is -2.58. The van der Waals surface area contributed by atoms with E-state index in [1.807, 2.05) is 19.9 Å². The number of nitrogens with one attached hydrogen (secondary N) is 1. The molecule has 0 aliphatic rings. The number of carbonyl (C=O) groups excluding carboxylic acids is 1. The Balaban J connectivity index is 2.34. The molecule has 1 amide bonds. The lowest BCUT2D eigenvalue weighted by Gasteiger charge is -2.19. The second-order valence-corrected chi connectivity index (χ2v) is 8.65. The van der Waals surface area contributed by atoms with Crippen LogP contribution < -0.4 is 14.8 Å². The molecule has 0 aliphatic carbocycles. The lowest BCUT2D eigenvalue weighted by atomic mass is 10.2. The number of hydrogen-bond donors (Lipinski definition) is 1. The molecular weight excluding hydrogens is 380 g/mol. The van der Waals surface area contributed by atoms with E-state index in [1.165, 1.54) is 36.7 Å². The zero-order chi connectivity index (χ0) is 20.9. The third-order valence-electron chi connectivity index (χ3n) is 4.08. The molecule has 0 atom stereocenters. The number of amides is 1. The highest BCUT2D eigenvalue weighted by Crippen LogP contribution is 2.25. The third kappa shape index (κ3) is 5.02. The minimum absolute atomic E-state index is 0.0209. The fraction of sp³-hybridized carbons (Fsp3) is 0.350. The monoisotopic (exact) mass is 406 g/mol. The number of hydrogen-bond acceptors (Lipinski definition) is 5. The molecule has 0 saturated carbocycles. The third-order valence-corrected chi connectivity index (χ3v) is 5.88. The maximum atomic E-state index is 13.0. The van der Waals surface area contributed by atoms with Crippen LogP contribution in [0, 0.1) is 0 Å². The Morgan fingerprint density at radius 2 is 1.82 bits per heavy atom. The zero-order valence-electron chi connectivity index (χ0n) is 16.7. The highest BCUT2D eigenvalue weighted by atomic mass is 32.2. The van der Waals surface area contributed by atoms with Crippen LogP contribution in [0.15, 0.2) is 47.4 Å². The van der Waals surface area contributed by atoms with Crippen LogP contribution in [0.1, 0.15) is 29.8 Å². The summed E-state index contributed by atoms with van der Waals surface area (Å²) >= 11 is 0. The van der Waals surface area contributed by atoms with Crippen molar-refractivity contribution in [2.75, 3.05) is 21.3 Å². The fourth-order valence-electron chi connectivity index (χ4n) is 2.66. The highest BCUT2D eigenvalue weighted by Gasteiger charge is 2.24. The van der Waals surface area contributed by atoms with E-state index in [1.54, 1.807) is 25.3 Å². The lowest BCUT2D eigenvalue weighted by Crippen LogP contribution is -2.31. The summed E-state index contributed by atoms with van der Waals surface area (Å²) in [6.45, 7) is 3.82. The van der Waals surface area contributed by atoms with Crippen molar-refractivity contribution in [2.45, 2.75) is 31.3 Å². The maximum absolute atomic E-state index is 13.0. The summed E-state index contributed by atoms with van der Waals surface area (Å²) in [6.07, 6.45) is 0. The molecule has 8 heteroatoms. The van der Waals surface area contributed by atoms with Gasteiger partial charge in [-0.15, -0.1) is 0 Å². The van der Waals surface area contributed by atoms with Gasteiger partial charge >= 0.3 is 0 Å². The van der Waals surface area contributed by atoms with Crippen LogP contribution in [0.25, 0.3) is 0 Å². The van der Waals surface area contributed by atoms with Gasteiger partial charge in [0.1, 0.15) is 11.5 Å². The van der Waals surface area contributed by atoms with Crippen molar-refractivity contribution in [3.05, 3.63) is 53.6 Å². The molecule has 1 N–H and O–H groups in total. The minimum atomic E-state index is -3.81. The Morgan fingerprint density at radius 1 is 1.11 bits per heavy atom. The first kappa shape index (κ1) is 21.7. The second kappa shape index (κ2) is 9.07. The molecule has 0 heterocycles. The number of sulfonamides is 1. The van der Waals surface area contributed by atoms with Gasteiger partial charge in [0.25, 0.3) is 5.91 Å². The van der Waals surface area contributed by atoms with Gasteiger partial charge in [0.2, 0.25) is 10.0 Å². The van der Waals surface area contributed by atoms with E-state index in [4.69, 9.17) is 9.47 Å². The summed E-state index contributed by atoms with van der Waals surface area (Å²) in [4.78, 5) is 12.5. The quantitative estimate of drug-likeness (QED) is 0.729. The summed E-state index contributed by atoms with van der Waals surface area (Å²) < 4.78 is 37.6. The molecule has 0 aromatic heterocycles. The van der Waals surface area contributed by atoms with Crippen molar-refractivity contribution in [3.8, 4) is 11.5 Å². The topological polar surface area (TPSA) is 84.9 Å². The number of rotatable bonds is 8. The molecule has 0 unspecified atom stereocenters. The summed E-state index contributed by atoms with van der Waals surface area (Å²) in [5, 5.41) is 2.75. The minimum Gasteiger partial charge on any atom is -0.497 e. The van der Waals surface area contributed by atoms with Crippen molar-refractivity contribution in [2.24, 2.45) is 0 Å². The molecule has 2 rings (SSSR count). The zero-order valence-corrected chi connectivity index (χ0v) is 17.5. The first-order chi connectivity index (χ1) is 13.2. The Morgan fingerprint density at radius 3 is 2.43 bits per heavy atom. The molecule has 2 aromatic carbocycles. The van der Waals surface area contributed by atoms with Gasteiger partial charge in [-0.05, 0) is 49.7 Å². The van der Waals surface area contributed by atoms with Crippen LogP contribution >= 0.6 is 0 Å². The molecule has 152 valence electrons. The van der Waals surface area contributed by atoms with Crippen molar-refractivity contribution >= 4 is 15.9 Å². The van der Waals surface area contributed by atoms with E-state index in [9.17, 15) is 13.2 Å². The molecule has 2 aromatic rings. The SMILES string of the molecule is COc1cccc(CN(C)S(=O)(=O)c2ccc(OC)c(C(=O)NC(C)C)c2)c1. The molecule has 0 fully saturated rings. The molecule has 0 radical (unpaired) electrons. The maximum Gasteiger partial charge on any atom is 0.255 e. The average molecular weight is 407 g/mol. The first-order valence-electron chi connectivity index (χ1n) is 8.77. The standard InChI is InChI=1S/C20H26N2O5S/c1-14(2)21-20(23)18-12-17(9-10-19(18)27-5)28(24,25)22(3)13-15-7-6-8-16(11-15)26-4/h6-12,14H,13H2,1-5H3,(H,21,23). The van der Waals surface area contributed by atoms with Gasteiger partial charge in [-0.2, -0.15) is 4.31 Å². The predicted molar refractivity (Wildman–Crippen MR) is 107 cm³/mol. The molecular formula is C20H26N2O5S. The molecule has 0 spiro atoms. The van der Waals surface area contributed by atoms with E-state index in [0.717, 1.165) is 5.56 Å². The number of carbonyl (C=O) groups is 1. The molecule has 7 nitrogen and oxygen atoms in total. The van der Waals surface area contributed by atoms with Crippen LogP contribution in [-0.4, -0.2) is 45.9 Å². The van der Waals surface area contributed by atoms with Crippen LogP contribution in [-0.2, 0) is 16.6 Å². The average Bonchev–Trinajstić information content (AvgIpc) is 2.66. The summed E-state index contributed by atoms with van der Waals surface area (Å²) in [5.41, 5.74) is 0.962. The lowest BCUT2D eigenvalue weighted by molar-refractivity contribution is 0.0940. The van der Waals surface area contributed by atoms with Gasteiger partial charge in [-0.3, -0.25) is 4.79 Å². The highest BCUT2D eigenvalue weighted by molar-refractivity contribution is 7.89. The molecule has 28 heavy (non-hydrogen) atoms. The number of benzene rings is 2. The van der Waals surface area contributed by atoms with E-state index >= 15 is 0 Å². The Kier molecular flexibility index (Phi) is 7.04. The van der Waals surface area contributed by atoms with Gasteiger partial charge in [-0.25, -0.2) is 8.42 Å². The number of ether oxygens (including phenoxy) is 2. The molecule has 0 aliphatic heterocycles. The summed E-state index contributed by atoms with van der Waals surface area (Å²) in [7, 11) is 0.675. The van der Waals surface area contributed by atoms with E-state index < -0.39 is 10.0 Å². The van der Waals surface area contributed by atoms with E-state index in [-0.39, 0.29) is 29.0 Å². The van der Waals surface area contributed by atoms with Gasteiger partial charge in [0, 0.05) is 19.6 Å². The second-order valence-electron chi connectivity index (χ2n) is 6.60. The summed E-state index contributed by atoms with van der Waals surface area (Å²) in [5.74, 6) is 0.576. The smallest absolute Gasteiger partial charge is 0.255 e. The van der Waals surface area contributed by atoms with Crippen LogP contribution in [0.5, 0.6) is 11.5 Å². The largest absolute Gasteiger partial charge is 0.497 e. The van der Waals surface area contributed by atoms with Gasteiger partial charge in [0.15, 0.2) is 0 Å². The number of nitrogens with zero attached hydrogens (tertiary/aromatic N) is 1.